The van der Waals surface area contributed by atoms with E-state index < -0.39 is 11.2 Å². The Morgan fingerprint density at radius 1 is 1.36 bits per heavy atom. The summed E-state index contributed by atoms with van der Waals surface area (Å²) in [6.45, 7) is 1.53. The summed E-state index contributed by atoms with van der Waals surface area (Å²) in [5, 5.41) is 0. The first-order valence-corrected chi connectivity index (χ1v) is 4.65. The molecule has 0 saturated heterocycles. The van der Waals surface area contributed by atoms with Gasteiger partial charge in [-0.1, -0.05) is 12.1 Å². The molecule has 0 bridgehead atoms. The van der Waals surface area contributed by atoms with E-state index in [0.29, 0.717) is 5.56 Å². The van der Waals surface area contributed by atoms with E-state index in [0.717, 1.165) is 0 Å². The molecule has 0 atom stereocenters. The third-order valence-corrected chi connectivity index (χ3v) is 2.77. The predicted octanol–water partition coefficient (Wildman–Crippen LogP) is 2.50. The maximum atomic E-state index is 13.3. The molecule has 0 unspecified atom stereocenters. The molecule has 1 aliphatic rings. The van der Waals surface area contributed by atoms with Crippen LogP contribution < -0.4 is 5.73 Å². The lowest BCUT2D eigenvalue weighted by atomic mass is 9.64. The maximum absolute atomic E-state index is 13.3. The van der Waals surface area contributed by atoms with Crippen LogP contribution in [0.4, 0.5) is 8.78 Å². The van der Waals surface area contributed by atoms with Crippen LogP contribution in [-0.4, -0.2) is 5.67 Å². The van der Waals surface area contributed by atoms with Crippen LogP contribution >= 0.6 is 0 Å². The van der Waals surface area contributed by atoms with Crippen LogP contribution in [0.15, 0.2) is 24.3 Å². The van der Waals surface area contributed by atoms with Crippen LogP contribution in [0.2, 0.25) is 0 Å². The number of hydrogen-bond acceptors (Lipinski definition) is 1. The van der Waals surface area contributed by atoms with Gasteiger partial charge >= 0.3 is 0 Å². The molecular formula is C11H13F2N. The molecule has 1 aromatic carbocycles. The predicted molar refractivity (Wildman–Crippen MR) is 51.0 cm³/mol. The number of alkyl halides is 1. The van der Waals surface area contributed by atoms with Crippen LogP contribution in [0.1, 0.15) is 25.3 Å². The number of rotatable bonds is 1. The zero-order valence-electron chi connectivity index (χ0n) is 8.06. The molecule has 0 aliphatic heterocycles. The number of halogens is 2. The lowest BCUT2D eigenvalue weighted by Crippen LogP contribution is -2.56. The molecule has 3 heteroatoms. The van der Waals surface area contributed by atoms with Crippen molar-refractivity contribution in [1.82, 2.24) is 0 Å². The average molecular weight is 197 g/mol. The standard InChI is InChI=1S/C11H13F2N/c1-10(13)6-11(14,7-10)8-3-2-4-9(12)5-8/h2-5H,6-7,14H2,1H3. The Morgan fingerprint density at radius 2 is 2.00 bits per heavy atom. The van der Waals surface area contributed by atoms with Crippen molar-refractivity contribution in [1.29, 1.82) is 0 Å². The van der Waals surface area contributed by atoms with E-state index in [1.807, 2.05) is 0 Å². The third kappa shape index (κ3) is 1.52. The highest BCUT2D eigenvalue weighted by Crippen LogP contribution is 2.48. The van der Waals surface area contributed by atoms with Gasteiger partial charge in [0, 0.05) is 18.4 Å². The third-order valence-electron chi connectivity index (χ3n) is 2.77. The monoisotopic (exact) mass is 197 g/mol. The molecule has 14 heavy (non-hydrogen) atoms. The summed E-state index contributed by atoms with van der Waals surface area (Å²) in [7, 11) is 0. The van der Waals surface area contributed by atoms with Crippen LogP contribution in [0.5, 0.6) is 0 Å². The first-order valence-electron chi connectivity index (χ1n) is 4.65. The summed E-state index contributed by atoms with van der Waals surface area (Å²) in [6, 6.07) is 6.10. The highest BCUT2D eigenvalue weighted by Gasteiger charge is 2.51. The van der Waals surface area contributed by atoms with Crippen molar-refractivity contribution in [2.45, 2.75) is 31.0 Å². The van der Waals surface area contributed by atoms with Gasteiger partial charge in [0.1, 0.15) is 11.5 Å². The highest BCUT2D eigenvalue weighted by atomic mass is 19.1. The molecule has 0 spiro atoms. The van der Waals surface area contributed by atoms with Crippen molar-refractivity contribution in [3.63, 3.8) is 0 Å². The largest absolute Gasteiger partial charge is 0.321 e. The Balaban J connectivity index is 2.25. The van der Waals surface area contributed by atoms with Crippen LogP contribution in [0.3, 0.4) is 0 Å². The van der Waals surface area contributed by atoms with Gasteiger partial charge in [0.25, 0.3) is 0 Å². The van der Waals surface area contributed by atoms with Gasteiger partial charge in [-0.2, -0.15) is 0 Å². The summed E-state index contributed by atoms with van der Waals surface area (Å²) in [6.07, 6.45) is 0.535. The second-order valence-corrected chi connectivity index (χ2v) is 4.43. The number of hydrogen-bond donors (Lipinski definition) is 1. The van der Waals surface area contributed by atoms with Gasteiger partial charge in [-0.3, -0.25) is 0 Å². The second kappa shape index (κ2) is 2.76. The van der Waals surface area contributed by atoms with Crippen molar-refractivity contribution in [2.24, 2.45) is 5.73 Å². The van der Waals surface area contributed by atoms with Gasteiger partial charge < -0.3 is 5.73 Å². The topological polar surface area (TPSA) is 26.0 Å². The van der Waals surface area contributed by atoms with Crippen LogP contribution in [-0.2, 0) is 5.54 Å². The Labute approximate surface area is 81.9 Å². The summed E-state index contributed by atoms with van der Waals surface area (Å²) in [5.41, 5.74) is 4.78. The quantitative estimate of drug-likeness (QED) is 0.735. The molecule has 0 radical (unpaired) electrons. The van der Waals surface area contributed by atoms with Gasteiger partial charge in [-0.15, -0.1) is 0 Å². The molecule has 1 fully saturated rings. The van der Waals surface area contributed by atoms with E-state index in [2.05, 4.69) is 0 Å². The van der Waals surface area contributed by atoms with Crippen molar-refractivity contribution < 1.29 is 8.78 Å². The zero-order chi connectivity index (χ0) is 10.4. The minimum Gasteiger partial charge on any atom is -0.321 e. The summed E-state index contributed by atoms with van der Waals surface area (Å²) in [4.78, 5) is 0. The molecule has 2 N–H and O–H groups in total. The first kappa shape index (κ1) is 9.59. The molecule has 1 aliphatic carbocycles. The first-order chi connectivity index (χ1) is 6.41. The fourth-order valence-electron chi connectivity index (χ4n) is 2.27. The Morgan fingerprint density at radius 3 is 2.50 bits per heavy atom. The van der Waals surface area contributed by atoms with E-state index in [4.69, 9.17) is 5.73 Å². The van der Waals surface area contributed by atoms with Gasteiger partial charge in [-0.05, 0) is 24.6 Å². The molecule has 1 nitrogen and oxygen atoms in total. The second-order valence-electron chi connectivity index (χ2n) is 4.43. The molecule has 1 aromatic rings. The Bertz CT molecular complexity index is 352. The van der Waals surface area contributed by atoms with Gasteiger partial charge in [0.15, 0.2) is 0 Å². The SMILES string of the molecule is CC1(F)CC(N)(c2cccc(F)c2)C1. The summed E-state index contributed by atoms with van der Waals surface area (Å²) >= 11 is 0. The van der Waals surface area contributed by atoms with E-state index in [9.17, 15) is 8.78 Å². The Kier molecular flexibility index (Phi) is 1.89. The van der Waals surface area contributed by atoms with Gasteiger partial charge in [-0.25, -0.2) is 8.78 Å². The van der Waals surface area contributed by atoms with Crippen molar-refractivity contribution in [3.8, 4) is 0 Å². The van der Waals surface area contributed by atoms with Gasteiger partial charge in [0.2, 0.25) is 0 Å². The molecule has 0 aromatic heterocycles. The van der Waals surface area contributed by atoms with Crippen molar-refractivity contribution in [3.05, 3.63) is 35.6 Å². The molecule has 2 rings (SSSR count). The zero-order valence-corrected chi connectivity index (χ0v) is 8.06. The number of nitrogens with two attached hydrogens (primary N) is 1. The molecule has 0 amide bonds. The maximum Gasteiger partial charge on any atom is 0.123 e. The van der Waals surface area contributed by atoms with Crippen LogP contribution in [0, 0.1) is 5.82 Å². The minimum atomic E-state index is -1.19. The molecular weight excluding hydrogens is 184 g/mol. The summed E-state index contributed by atoms with van der Waals surface area (Å²) < 4.78 is 26.2. The lowest BCUT2D eigenvalue weighted by molar-refractivity contribution is 0.00117. The Hall–Kier alpha value is -0.960. The van der Waals surface area contributed by atoms with E-state index in [1.165, 1.54) is 19.1 Å². The number of benzene rings is 1. The van der Waals surface area contributed by atoms with E-state index >= 15 is 0 Å². The molecule has 76 valence electrons. The fraction of sp³-hybridized carbons (Fsp3) is 0.455. The normalized spacial score (nSPS) is 36.6. The van der Waals surface area contributed by atoms with Crippen molar-refractivity contribution in [2.75, 3.05) is 0 Å². The lowest BCUT2D eigenvalue weighted by Gasteiger charge is -2.48. The summed E-state index contributed by atoms with van der Waals surface area (Å²) in [5.74, 6) is -0.320. The van der Waals surface area contributed by atoms with E-state index in [1.54, 1.807) is 12.1 Å². The minimum absolute atomic E-state index is 0.267. The molecule has 1 saturated carbocycles. The van der Waals surface area contributed by atoms with Crippen LogP contribution in [0.25, 0.3) is 0 Å². The fourth-order valence-corrected chi connectivity index (χ4v) is 2.27. The smallest absolute Gasteiger partial charge is 0.123 e. The van der Waals surface area contributed by atoms with E-state index in [-0.39, 0.29) is 18.7 Å². The highest BCUT2D eigenvalue weighted by molar-refractivity contribution is 5.29. The average Bonchev–Trinajstić information content (AvgIpc) is 2.00. The van der Waals surface area contributed by atoms with Gasteiger partial charge in [0.05, 0.1) is 0 Å². The van der Waals surface area contributed by atoms with Crippen molar-refractivity contribution >= 4 is 0 Å². The molecule has 0 heterocycles.